The molecule has 0 aliphatic heterocycles. The maximum Gasteiger partial charge on any atom is 0.312 e. The molecule has 0 amide bonds. The number of carbonyl (C=O) groups is 1. The summed E-state index contributed by atoms with van der Waals surface area (Å²) in [4.78, 5) is 15.0. The SMILES string of the molecule is COC(=O)C(C)/C=C(/C)N=C(C)N. The minimum atomic E-state index is -0.284. The highest BCUT2D eigenvalue weighted by Crippen LogP contribution is 2.05. The first-order valence-electron chi connectivity index (χ1n) is 4.04. The van der Waals surface area contributed by atoms with E-state index in [0.717, 1.165) is 5.70 Å². The molecule has 0 saturated heterocycles. The van der Waals surface area contributed by atoms with Crippen LogP contribution in [0.25, 0.3) is 0 Å². The van der Waals surface area contributed by atoms with Crippen molar-refractivity contribution in [2.24, 2.45) is 16.6 Å². The molecule has 0 radical (unpaired) electrons. The van der Waals surface area contributed by atoms with Gasteiger partial charge in [0.2, 0.25) is 0 Å². The van der Waals surface area contributed by atoms with Crippen LogP contribution in [0.3, 0.4) is 0 Å². The predicted octanol–water partition coefficient (Wildman–Crippen LogP) is 1.08. The number of hydrogen-bond donors (Lipinski definition) is 1. The van der Waals surface area contributed by atoms with Crippen LogP contribution in [0.15, 0.2) is 16.8 Å². The van der Waals surface area contributed by atoms with Crippen molar-refractivity contribution in [3.8, 4) is 0 Å². The molecule has 0 fully saturated rings. The fraction of sp³-hybridized carbons (Fsp3) is 0.556. The van der Waals surface area contributed by atoms with Gasteiger partial charge < -0.3 is 10.5 Å². The van der Waals surface area contributed by atoms with Crippen LogP contribution in [0, 0.1) is 5.92 Å². The summed E-state index contributed by atoms with van der Waals surface area (Å²) >= 11 is 0. The van der Waals surface area contributed by atoms with Gasteiger partial charge >= 0.3 is 5.97 Å². The Hall–Kier alpha value is -1.32. The van der Waals surface area contributed by atoms with Gasteiger partial charge in [-0.05, 0) is 26.8 Å². The van der Waals surface area contributed by atoms with E-state index in [0.29, 0.717) is 5.84 Å². The Kier molecular flexibility index (Phi) is 4.80. The predicted molar refractivity (Wildman–Crippen MR) is 52.2 cm³/mol. The third-order valence-corrected chi connectivity index (χ3v) is 1.42. The molecule has 0 bridgehead atoms. The van der Waals surface area contributed by atoms with Crippen molar-refractivity contribution in [2.75, 3.05) is 7.11 Å². The van der Waals surface area contributed by atoms with Gasteiger partial charge in [0.1, 0.15) is 0 Å². The van der Waals surface area contributed by atoms with E-state index >= 15 is 0 Å². The first-order chi connectivity index (χ1) is 5.97. The summed E-state index contributed by atoms with van der Waals surface area (Å²) in [6, 6.07) is 0. The second-order valence-electron chi connectivity index (χ2n) is 2.87. The number of nitrogens with two attached hydrogens (primary N) is 1. The van der Waals surface area contributed by atoms with Gasteiger partial charge in [-0.25, -0.2) is 4.99 Å². The second kappa shape index (κ2) is 5.35. The van der Waals surface area contributed by atoms with Gasteiger partial charge in [0.05, 0.1) is 18.9 Å². The van der Waals surface area contributed by atoms with E-state index in [1.807, 2.05) is 0 Å². The number of ether oxygens (including phenoxy) is 1. The highest BCUT2D eigenvalue weighted by molar-refractivity contribution is 5.78. The summed E-state index contributed by atoms with van der Waals surface area (Å²) in [5.74, 6) is -0.0804. The van der Waals surface area contributed by atoms with Crippen LogP contribution in [0.4, 0.5) is 0 Å². The van der Waals surface area contributed by atoms with Crippen molar-refractivity contribution in [1.82, 2.24) is 0 Å². The smallest absolute Gasteiger partial charge is 0.312 e. The lowest BCUT2D eigenvalue weighted by Gasteiger charge is -2.03. The average Bonchev–Trinajstić information content (AvgIpc) is 2.01. The first-order valence-corrected chi connectivity index (χ1v) is 4.04. The van der Waals surface area contributed by atoms with E-state index in [1.54, 1.807) is 26.8 Å². The molecule has 0 heterocycles. The normalized spacial score (nSPS) is 15.4. The third kappa shape index (κ3) is 5.00. The van der Waals surface area contributed by atoms with E-state index in [1.165, 1.54) is 7.11 Å². The van der Waals surface area contributed by atoms with E-state index in [4.69, 9.17) is 5.73 Å². The Balaban J connectivity index is 4.39. The maximum atomic E-state index is 11.0. The summed E-state index contributed by atoms with van der Waals surface area (Å²) in [5.41, 5.74) is 6.09. The van der Waals surface area contributed by atoms with Gasteiger partial charge in [-0.3, -0.25) is 4.79 Å². The van der Waals surface area contributed by atoms with Gasteiger partial charge in [0, 0.05) is 5.70 Å². The molecule has 74 valence electrons. The van der Waals surface area contributed by atoms with Gasteiger partial charge in [-0.15, -0.1) is 0 Å². The number of aliphatic imine (C=N–C) groups is 1. The zero-order valence-corrected chi connectivity index (χ0v) is 8.50. The molecule has 0 aromatic rings. The molecule has 4 heteroatoms. The molecular weight excluding hydrogens is 168 g/mol. The number of hydrogen-bond acceptors (Lipinski definition) is 3. The van der Waals surface area contributed by atoms with Gasteiger partial charge in [0.25, 0.3) is 0 Å². The molecule has 0 rings (SSSR count). The fourth-order valence-corrected chi connectivity index (χ4v) is 0.931. The van der Waals surface area contributed by atoms with Crippen molar-refractivity contribution in [2.45, 2.75) is 20.8 Å². The number of carbonyl (C=O) groups excluding carboxylic acids is 1. The molecule has 0 aromatic carbocycles. The molecule has 0 saturated carbocycles. The monoisotopic (exact) mass is 184 g/mol. The van der Waals surface area contributed by atoms with Crippen LogP contribution in [0.5, 0.6) is 0 Å². The number of allylic oxidation sites excluding steroid dienone is 1. The van der Waals surface area contributed by atoms with E-state index in [9.17, 15) is 4.79 Å². The summed E-state index contributed by atoms with van der Waals surface area (Å²) < 4.78 is 4.55. The molecule has 1 unspecified atom stereocenters. The first kappa shape index (κ1) is 11.7. The van der Waals surface area contributed by atoms with Gasteiger partial charge in [-0.1, -0.05) is 0 Å². The summed E-state index contributed by atoms with van der Waals surface area (Å²) in [6.45, 7) is 5.23. The highest BCUT2D eigenvalue weighted by Gasteiger charge is 2.09. The number of esters is 1. The molecular formula is C9H16N2O2. The summed E-state index contributed by atoms with van der Waals surface area (Å²) in [7, 11) is 1.36. The third-order valence-electron chi connectivity index (χ3n) is 1.42. The molecule has 4 nitrogen and oxygen atoms in total. The Morgan fingerprint density at radius 2 is 2.08 bits per heavy atom. The van der Waals surface area contributed by atoms with E-state index < -0.39 is 0 Å². The number of methoxy groups -OCH3 is 1. The Bertz CT molecular complexity index is 240. The zero-order valence-electron chi connectivity index (χ0n) is 8.50. The Labute approximate surface area is 78.5 Å². The highest BCUT2D eigenvalue weighted by atomic mass is 16.5. The molecule has 2 N–H and O–H groups in total. The Morgan fingerprint density at radius 3 is 2.46 bits per heavy atom. The second-order valence-corrected chi connectivity index (χ2v) is 2.87. The average molecular weight is 184 g/mol. The van der Waals surface area contributed by atoms with Crippen LogP contribution in [-0.2, 0) is 9.53 Å². The minimum Gasteiger partial charge on any atom is -0.469 e. The topological polar surface area (TPSA) is 64.7 Å². The van der Waals surface area contributed by atoms with Crippen LogP contribution in [-0.4, -0.2) is 18.9 Å². The quantitative estimate of drug-likeness (QED) is 0.405. The largest absolute Gasteiger partial charge is 0.469 e. The molecule has 1 atom stereocenters. The van der Waals surface area contributed by atoms with Crippen molar-refractivity contribution in [3.63, 3.8) is 0 Å². The minimum absolute atomic E-state index is 0.274. The molecule has 13 heavy (non-hydrogen) atoms. The van der Waals surface area contributed by atoms with Gasteiger partial charge in [-0.2, -0.15) is 0 Å². The van der Waals surface area contributed by atoms with Gasteiger partial charge in [0.15, 0.2) is 0 Å². The lowest BCUT2D eigenvalue weighted by atomic mass is 10.1. The van der Waals surface area contributed by atoms with Crippen molar-refractivity contribution in [1.29, 1.82) is 0 Å². The van der Waals surface area contributed by atoms with Crippen molar-refractivity contribution < 1.29 is 9.53 Å². The Morgan fingerprint density at radius 1 is 1.54 bits per heavy atom. The van der Waals surface area contributed by atoms with Crippen LogP contribution in [0.1, 0.15) is 20.8 Å². The van der Waals surface area contributed by atoms with Crippen LogP contribution < -0.4 is 5.73 Å². The number of amidine groups is 1. The van der Waals surface area contributed by atoms with E-state index in [-0.39, 0.29) is 11.9 Å². The summed E-state index contributed by atoms with van der Waals surface area (Å²) in [6.07, 6.45) is 1.71. The van der Waals surface area contributed by atoms with Crippen molar-refractivity contribution in [3.05, 3.63) is 11.8 Å². The zero-order chi connectivity index (χ0) is 10.4. The molecule has 0 aliphatic rings. The maximum absolute atomic E-state index is 11.0. The molecule has 0 aromatic heterocycles. The number of rotatable bonds is 3. The van der Waals surface area contributed by atoms with E-state index in [2.05, 4.69) is 9.73 Å². The van der Waals surface area contributed by atoms with Crippen LogP contribution in [0.2, 0.25) is 0 Å². The standard InChI is InChI=1S/C9H16N2O2/c1-6(9(12)13-4)5-7(2)11-8(3)10/h5-6H,1-4H3,(H2,10,11)/b7-5-. The lowest BCUT2D eigenvalue weighted by molar-refractivity contribution is -0.143. The summed E-state index contributed by atoms with van der Waals surface area (Å²) in [5, 5.41) is 0. The lowest BCUT2D eigenvalue weighted by Crippen LogP contribution is -2.11. The fourth-order valence-electron chi connectivity index (χ4n) is 0.931. The number of nitrogens with zero attached hydrogens (tertiary/aromatic N) is 1. The van der Waals surface area contributed by atoms with Crippen molar-refractivity contribution >= 4 is 11.8 Å². The molecule has 0 aliphatic carbocycles. The molecule has 0 spiro atoms. The van der Waals surface area contributed by atoms with Crippen LogP contribution >= 0.6 is 0 Å².